The van der Waals surface area contributed by atoms with Crippen LogP contribution in [0, 0.1) is 12.7 Å². The van der Waals surface area contributed by atoms with Crippen LogP contribution in [0.15, 0.2) is 28.1 Å². The zero-order valence-electron chi connectivity index (χ0n) is 9.26. The van der Waals surface area contributed by atoms with E-state index >= 15 is 0 Å². The summed E-state index contributed by atoms with van der Waals surface area (Å²) in [5, 5.41) is 2.65. The fourth-order valence-electron chi connectivity index (χ4n) is 1.34. The normalized spacial score (nSPS) is 10.4. The molecule has 0 aliphatic carbocycles. The maximum Gasteiger partial charge on any atom is 0.265 e. The second-order valence-electron chi connectivity index (χ2n) is 3.65. The van der Waals surface area contributed by atoms with Gasteiger partial charge in [0.1, 0.15) is 5.82 Å². The van der Waals surface area contributed by atoms with Gasteiger partial charge < -0.3 is 5.32 Å². The number of aryl methyl sites for hydroxylation is 1. The number of hydrogen-bond donors (Lipinski definition) is 1. The molecule has 0 fully saturated rings. The Bertz CT molecular complexity index is 595. The Morgan fingerprint density at radius 3 is 2.72 bits per heavy atom. The Morgan fingerprint density at radius 2 is 2.17 bits per heavy atom. The number of carbonyl (C=O) groups excluding carboxylic acids is 1. The summed E-state index contributed by atoms with van der Waals surface area (Å²) in [5.41, 5.74) is 1.37. The summed E-state index contributed by atoms with van der Waals surface area (Å²) in [6, 6.07) is 5.92. The maximum atomic E-state index is 13.2. The van der Waals surface area contributed by atoms with E-state index in [9.17, 15) is 9.18 Å². The lowest BCUT2D eigenvalue weighted by molar-refractivity contribution is 0.103. The third-order valence-electron chi connectivity index (χ3n) is 2.26. The van der Waals surface area contributed by atoms with Crippen LogP contribution in [0.25, 0.3) is 0 Å². The Hall–Kier alpha value is -0.910. The van der Waals surface area contributed by atoms with Crippen molar-refractivity contribution in [3.63, 3.8) is 0 Å². The number of hydrogen-bond acceptors (Lipinski definition) is 2. The predicted molar refractivity (Wildman–Crippen MR) is 76.1 cm³/mol. The van der Waals surface area contributed by atoms with Gasteiger partial charge >= 0.3 is 0 Å². The van der Waals surface area contributed by atoms with Crippen molar-refractivity contribution in [3.8, 4) is 0 Å². The average Bonchev–Trinajstić information content (AvgIpc) is 2.65. The summed E-state index contributed by atoms with van der Waals surface area (Å²) >= 11 is 10.3. The molecule has 0 radical (unpaired) electrons. The van der Waals surface area contributed by atoms with E-state index in [1.54, 1.807) is 12.1 Å². The molecule has 0 aliphatic rings. The highest BCUT2D eigenvalue weighted by atomic mass is 79.9. The number of amides is 1. The van der Waals surface area contributed by atoms with Gasteiger partial charge in [0.05, 0.1) is 13.7 Å². The van der Waals surface area contributed by atoms with Gasteiger partial charge in [0.25, 0.3) is 5.91 Å². The van der Waals surface area contributed by atoms with E-state index in [1.165, 1.54) is 23.5 Å². The van der Waals surface area contributed by atoms with E-state index < -0.39 is 5.82 Å². The zero-order chi connectivity index (χ0) is 13.3. The van der Waals surface area contributed by atoms with E-state index in [2.05, 4.69) is 21.2 Å². The molecule has 1 amide bonds. The van der Waals surface area contributed by atoms with E-state index in [1.807, 2.05) is 6.92 Å². The molecule has 2 aromatic rings. The molecule has 1 aromatic carbocycles. The van der Waals surface area contributed by atoms with Gasteiger partial charge in [0.2, 0.25) is 0 Å². The minimum Gasteiger partial charge on any atom is -0.321 e. The van der Waals surface area contributed by atoms with Crippen molar-refractivity contribution in [3.05, 3.63) is 49.3 Å². The number of benzene rings is 1. The van der Waals surface area contributed by atoms with Crippen molar-refractivity contribution in [2.24, 2.45) is 0 Å². The maximum absolute atomic E-state index is 13.2. The quantitative estimate of drug-likeness (QED) is 0.824. The van der Waals surface area contributed by atoms with Crippen LogP contribution in [-0.4, -0.2) is 5.91 Å². The van der Waals surface area contributed by atoms with Gasteiger partial charge in [-0.3, -0.25) is 4.79 Å². The Morgan fingerprint density at radius 1 is 1.44 bits per heavy atom. The lowest BCUT2D eigenvalue weighted by Crippen LogP contribution is -2.10. The molecule has 0 saturated heterocycles. The standard InChI is InChI=1S/C12H8BrClFNOS/c1-6-4-10(18-11(6)13)12(17)16-7-2-3-8(14)9(15)5-7/h2-5H,1H3,(H,16,17). The molecule has 1 heterocycles. The second kappa shape index (κ2) is 5.38. The van der Waals surface area contributed by atoms with Crippen LogP contribution in [0.1, 0.15) is 15.2 Å². The van der Waals surface area contributed by atoms with Crippen LogP contribution in [0.4, 0.5) is 10.1 Å². The molecule has 18 heavy (non-hydrogen) atoms. The fourth-order valence-corrected chi connectivity index (χ4v) is 2.89. The first kappa shape index (κ1) is 13.5. The summed E-state index contributed by atoms with van der Waals surface area (Å²) in [7, 11) is 0. The van der Waals surface area contributed by atoms with Gasteiger partial charge in [-0.15, -0.1) is 11.3 Å². The minimum absolute atomic E-state index is 0.0303. The van der Waals surface area contributed by atoms with Gasteiger partial charge in [-0.25, -0.2) is 4.39 Å². The fraction of sp³-hybridized carbons (Fsp3) is 0.0833. The molecule has 0 spiro atoms. The van der Waals surface area contributed by atoms with Gasteiger partial charge in [-0.2, -0.15) is 0 Å². The van der Waals surface area contributed by atoms with E-state index in [0.717, 1.165) is 9.35 Å². The first-order valence-electron chi connectivity index (χ1n) is 4.99. The average molecular weight is 349 g/mol. The number of thiophene rings is 1. The third-order valence-corrected chi connectivity index (χ3v) is 4.70. The first-order chi connectivity index (χ1) is 8.47. The van der Waals surface area contributed by atoms with Gasteiger partial charge in [-0.1, -0.05) is 11.6 Å². The molecule has 0 bridgehead atoms. The zero-order valence-corrected chi connectivity index (χ0v) is 12.4. The Labute approximate surface area is 121 Å². The van der Waals surface area contributed by atoms with Crippen molar-refractivity contribution in [2.45, 2.75) is 6.92 Å². The van der Waals surface area contributed by atoms with Crippen molar-refractivity contribution < 1.29 is 9.18 Å². The lowest BCUT2D eigenvalue weighted by Gasteiger charge is -2.04. The summed E-state index contributed by atoms with van der Waals surface area (Å²) < 4.78 is 14.1. The summed E-state index contributed by atoms with van der Waals surface area (Å²) in [6.45, 7) is 1.90. The minimum atomic E-state index is -0.557. The molecular weight excluding hydrogens is 341 g/mol. The molecular formula is C12H8BrClFNOS. The number of anilines is 1. The summed E-state index contributed by atoms with van der Waals surface area (Å²) in [4.78, 5) is 12.5. The molecule has 0 saturated carbocycles. The van der Waals surface area contributed by atoms with Gasteiger partial charge in [0, 0.05) is 5.69 Å². The number of rotatable bonds is 2. The van der Waals surface area contributed by atoms with Crippen molar-refractivity contribution in [1.29, 1.82) is 0 Å². The Balaban J connectivity index is 2.18. The summed E-state index contributed by atoms with van der Waals surface area (Å²) in [5.74, 6) is -0.825. The Kier molecular flexibility index (Phi) is 4.04. The highest BCUT2D eigenvalue weighted by Crippen LogP contribution is 2.28. The van der Waals surface area contributed by atoms with E-state index in [4.69, 9.17) is 11.6 Å². The van der Waals surface area contributed by atoms with Crippen LogP contribution >= 0.6 is 38.9 Å². The van der Waals surface area contributed by atoms with E-state index in [-0.39, 0.29) is 10.9 Å². The molecule has 0 unspecified atom stereocenters. The molecule has 0 aliphatic heterocycles. The second-order valence-corrected chi connectivity index (χ2v) is 6.43. The van der Waals surface area contributed by atoms with E-state index in [0.29, 0.717) is 10.6 Å². The topological polar surface area (TPSA) is 29.1 Å². The molecule has 6 heteroatoms. The van der Waals surface area contributed by atoms with Gasteiger partial charge in [0.15, 0.2) is 0 Å². The molecule has 1 aromatic heterocycles. The molecule has 1 N–H and O–H groups in total. The monoisotopic (exact) mass is 347 g/mol. The smallest absolute Gasteiger partial charge is 0.265 e. The van der Waals surface area contributed by atoms with Crippen LogP contribution < -0.4 is 5.32 Å². The van der Waals surface area contributed by atoms with Crippen molar-refractivity contribution in [1.82, 2.24) is 0 Å². The molecule has 2 rings (SSSR count). The third kappa shape index (κ3) is 2.91. The molecule has 94 valence electrons. The summed E-state index contributed by atoms with van der Waals surface area (Å²) in [6.07, 6.45) is 0. The number of nitrogens with one attached hydrogen (secondary N) is 1. The van der Waals surface area contributed by atoms with Crippen LogP contribution in [0.2, 0.25) is 5.02 Å². The van der Waals surface area contributed by atoms with Crippen molar-refractivity contribution in [2.75, 3.05) is 5.32 Å². The van der Waals surface area contributed by atoms with Gasteiger partial charge in [-0.05, 0) is 52.7 Å². The lowest BCUT2D eigenvalue weighted by atomic mass is 10.3. The predicted octanol–water partition coefficient (Wildman–Crippen LogP) is 4.86. The van der Waals surface area contributed by atoms with Crippen LogP contribution in [0.3, 0.4) is 0 Å². The first-order valence-corrected chi connectivity index (χ1v) is 6.98. The number of halogens is 3. The van der Waals surface area contributed by atoms with Crippen LogP contribution in [0.5, 0.6) is 0 Å². The SMILES string of the molecule is Cc1cc(C(=O)Nc2ccc(Cl)c(F)c2)sc1Br. The largest absolute Gasteiger partial charge is 0.321 e. The highest BCUT2D eigenvalue weighted by Gasteiger charge is 2.12. The molecule has 0 atom stereocenters. The highest BCUT2D eigenvalue weighted by molar-refractivity contribution is 9.11. The van der Waals surface area contributed by atoms with Crippen LogP contribution in [-0.2, 0) is 0 Å². The number of carbonyl (C=O) groups is 1. The van der Waals surface area contributed by atoms with Crippen molar-refractivity contribution >= 4 is 50.5 Å². The molecule has 2 nitrogen and oxygen atoms in total.